The van der Waals surface area contributed by atoms with E-state index in [1.807, 2.05) is 25.9 Å². The lowest BCUT2D eigenvalue weighted by Crippen LogP contribution is -2.22. The second-order valence-corrected chi connectivity index (χ2v) is 7.04. The molecule has 0 saturated heterocycles. The molecule has 2 rings (SSSR count). The third kappa shape index (κ3) is 3.68. The van der Waals surface area contributed by atoms with Crippen LogP contribution in [0.25, 0.3) is 0 Å². The number of nitrogens with two attached hydrogens (primary N) is 1. The number of aromatic nitrogens is 2. The Bertz CT molecular complexity index is 554. The van der Waals surface area contributed by atoms with Gasteiger partial charge in [-0.3, -0.25) is 0 Å². The summed E-state index contributed by atoms with van der Waals surface area (Å²) >= 11 is 3.09. The molecule has 0 radical (unpaired) electrons. The van der Waals surface area contributed by atoms with Gasteiger partial charge in [0.1, 0.15) is 5.82 Å². The monoisotopic (exact) mass is 312 g/mol. The highest BCUT2D eigenvalue weighted by atomic mass is 32.2. The van der Waals surface area contributed by atoms with E-state index in [-0.39, 0.29) is 17.1 Å². The Morgan fingerprint density at radius 1 is 1.25 bits per heavy atom. The molecule has 2 atom stereocenters. The van der Waals surface area contributed by atoms with Crippen molar-refractivity contribution in [3.05, 3.63) is 35.6 Å². The van der Waals surface area contributed by atoms with E-state index >= 15 is 0 Å². The molecule has 0 saturated carbocycles. The molecule has 0 aliphatic carbocycles. The van der Waals surface area contributed by atoms with Crippen LogP contribution in [0, 0.1) is 5.82 Å². The van der Waals surface area contributed by atoms with Crippen molar-refractivity contribution in [3.63, 3.8) is 0 Å². The summed E-state index contributed by atoms with van der Waals surface area (Å²) in [4.78, 5) is 1.92. The molecule has 1 aromatic heterocycles. The zero-order valence-electron chi connectivity index (χ0n) is 11.6. The van der Waals surface area contributed by atoms with Crippen LogP contribution in [-0.4, -0.2) is 30.3 Å². The number of nitrogens with zero attached hydrogens (tertiary/aromatic N) is 3. The minimum absolute atomic E-state index is 0.0264. The van der Waals surface area contributed by atoms with Gasteiger partial charge in [0.15, 0.2) is 4.34 Å². The fraction of sp³-hybridized carbons (Fsp3) is 0.385. The van der Waals surface area contributed by atoms with E-state index in [9.17, 15) is 4.39 Å². The Balaban J connectivity index is 2.18. The third-order valence-corrected chi connectivity index (χ3v) is 5.35. The van der Waals surface area contributed by atoms with Crippen molar-refractivity contribution in [1.82, 2.24) is 10.2 Å². The van der Waals surface area contributed by atoms with Gasteiger partial charge in [-0.25, -0.2) is 4.39 Å². The number of rotatable bonds is 5. The number of halogens is 1. The summed E-state index contributed by atoms with van der Waals surface area (Å²) in [5, 5.41) is 9.15. The number of anilines is 1. The minimum atomic E-state index is -0.243. The molecule has 4 nitrogen and oxygen atoms in total. The molecule has 1 heterocycles. The van der Waals surface area contributed by atoms with Crippen molar-refractivity contribution in [2.24, 2.45) is 5.73 Å². The zero-order chi connectivity index (χ0) is 14.7. The van der Waals surface area contributed by atoms with Crippen LogP contribution in [0.2, 0.25) is 0 Å². The topological polar surface area (TPSA) is 55.0 Å². The van der Waals surface area contributed by atoms with Crippen LogP contribution in [0.15, 0.2) is 28.6 Å². The average Bonchev–Trinajstić information content (AvgIpc) is 2.86. The molecular formula is C13H17FN4S2. The van der Waals surface area contributed by atoms with Crippen LogP contribution in [-0.2, 0) is 0 Å². The van der Waals surface area contributed by atoms with Crippen molar-refractivity contribution in [2.45, 2.75) is 22.6 Å². The van der Waals surface area contributed by atoms with Crippen molar-refractivity contribution >= 4 is 28.2 Å². The molecule has 1 aromatic carbocycles. The Hall–Kier alpha value is -1.18. The van der Waals surface area contributed by atoms with Gasteiger partial charge in [0.25, 0.3) is 0 Å². The van der Waals surface area contributed by atoms with Gasteiger partial charge in [0.2, 0.25) is 5.13 Å². The zero-order valence-corrected chi connectivity index (χ0v) is 13.2. The van der Waals surface area contributed by atoms with E-state index in [1.54, 1.807) is 23.9 Å². The Kier molecular flexibility index (Phi) is 4.95. The first-order chi connectivity index (χ1) is 9.47. The molecule has 0 bridgehead atoms. The maximum absolute atomic E-state index is 13.0. The predicted molar refractivity (Wildman–Crippen MR) is 82.9 cm³/mol. The van der Waals surface area contributed by atoms with Crippen LogP contribution in [0.5, 0.6) is 0 Å². The molecule has 2 unspecified atom stereocenters. The van der Waals surface area contributed by atoms with Crippen molar-refractivity contribution < 1.29 is 4.39 Å². The summed E-state index contributed by atoms with van der Waals surface area (Å²) in [6.07, 6.45) is 0. The van der Waals surface area contributed by atoms with Gasteiger partial charge < -0.3 is 10.6 Å². The first kappa shape index (κ1) is 15.2. The maximum Gasteiger partial charge on any atom is 0.208 e. The van der Waals surface area contributed by atoms with Gasteiger partial charge >= 0.3 is 0 Å². The Labute approximate surface area is 126 Å². The standard InChI is InChI=1S/C13H17FN4S2/c1-8(15)11(9-4-6-10(14)7-5-9)19-13-17-16-12(20-13)18(2)3/h4-8,11H,15H2,1-3H3. The fourth-order valence-electron chi connectivity index (χ4n) is 1.67. The molecule has 108 valence electrons. The normalized spacial score (nSPS) is 14.1. The largest absolute Gasteiger partial charge is 0.353 e. The van der Waals surface area contributed by atoms with E-state index in [4.69, 9.17) is 5.73 Å². The number of hydrogen-bond acceptors (Lipinski definition) is 6. The molecule has 2 aromatic rings. The van der Waals surface area contributed by atoms with Crippen molar-refractivity contribution in [3.8, 4) is 0 Å². The van der Waals surface area contributed by atoms with Crippen LogP contribution in [0.3, 0.4) is 0 Å². The summed E-state index contributed by atoms with van der Waals surface area (Å²) < 4.78 is 13.9. The van der Waals surface area contributed by atoms with Crippen LogP contribution >= 0.6 is 23.1 Å². The summed E-state index contributed by atoms with van der Waals surface area (Å²) in [5.74, 6) is -0.243. The maximum atomic E-state index is 13.0. The fourth-order valence-corrected chi connectivity index (χ4v) is 3.71. The van der Waals surface area contributed by atoms with Crippen LogP contribution in [0.4, 0.5) is 9.52 Å². The molecular weight excluding hydrogens is 295 g/mol. The first-order valence-corrected chi connectivity index (χ1v) is 7.85. The van der Waals surface area contributed by atoms with Crippen LogP contribution in [0.1, 0.15) is 17.7 Å². The highest BCUT2D eigenvalue weighted by Gasteiger charge is 2.20. The van der Waals surface area contributed by atoms with E-state index in [2.05, 4.69) is 10.2 Å². The van der Waals surface area contributed by atoms with Gasteiger partial charge in [-0.1, -0.05) is 35.2 Å². The van der Waals surface area contributed by atoms with E-state index in [0.717, 1.165) is 15.0 Å². The van der Waals surface area contributed by atoms with E-state index in [0.29, 0.717) is 0 Å². The van der Waals surface area contributed by atoms with Crippen molar-refractivity contribution in [1.29, 1.82) is 0 Å². The van der Waals surface area contributed by atoms with Gasteiger partial charge in [-0.05, 0) is 24.6 Å². The third-order valence-electron chi connectivity index (χ3n) is 2.68. The molecule has 0 aliphatic heterocycles. The second kappa shape index (κ2) is 6.51. The molecule has 0 aliphatic rings. The summed E-state index contributed by atoms with van der Waals surface area (Å²) in [7, 11) is 3.86. The smallest absolute Gasteiger partial charge is 0.208 e. The quantitative estimate of drug-likeness (QED) is 0.860. The number of benzene rings is 1. The van der Waals surface area contributed by atoms with E-state index < -0.39 is 0 Å². The van der Waals surface area contributed by atoms with Gasteiger partial charge in [-0.15, -0.1) is 10.2 Å². The molecule has 0 spiro atoms. The molecule has 20 heavy (non-hydrogen) atoms. The lowest BCUT2D eigenvalue weighted by atomic mass is 10.1. The van der Waals surface area contributed by atoms with Crippen molar-refractivity contribution in [2.75, 3.05) is 19.0 Å². The van der Waals surface area contributed by atoms with Gasteiger partial charge in [0, 0.05) is 20.1 Å². The van der Waals surface area contributed by atoms with Gasteiger partial charge in [0.05, 0.1) is 5.25 Å². The van der Waals surface area contributed by atoms with E-state index in [1.165, 1.54) is 23.5 Å². The summed E-state index contributed by atoms with van der Waals surface area (Å²) in [6, 6.07) is 6.37. The Morgan fingerprint density at radius 2 is 1.90 bits per heavy atom. The average molecular weight is 312 g/mol. The van der Waals surface area contributed by atoms with Gasteiger partial charge in [-0.2, -0.15) is 0 Å². The lowest BCUT2D eigenvalue weighted by Gasteiger charge is -2.19. The lowest BCUT2D eigenvalue weighted by molar-refractivity contribution is 0.625. The number of hydrogen-bond donors (Lipinski definition) is 1. The summed E-state index contributed by atoms with van der Waals surface area (Å²) in [6.45, 7) is 1.94. The molecule has 2 N–H and O–H groups in total. The summed E-state index contributed by atoms with van der Waals surface area (Å²) in [5.41, 5.74) is 7.05. The first-order valence-electron chi connectivity index (χ1n) is 6.16. The van der Waals surface area contributed by atoms with Crippen LogP contribution < -0.4 is 10.6 Å². The number of thioether (sulfide) groups is 1. The SMILES string of the molecule is CC(N)C(Sc1nnc(N(C)C)s1)c1ccc(F)cc1. The minimum Gasteiger partial charge on any atom is -0.353 e. The Morgan fingerprint density at radius 3 is 2.40 bits per heavy atom. The molecule has 7 heteroatoms. The highest BCUT2D eigenvalue weighted by Crippen LogP contribution is 2.39. The highest BCUT2D eigenvalue weighted by molar-refractivity contribution is 8.01. The molecule has 0 fully saturated rings. The molecule has 0 amide bonds. The predicted octanol–water partition coefficient (Wildman–Crippen LogP) is 2.92. The second-order valence-electron chi connectivity index (χ2n) is 4.69.